The molecule has 0 spiro atoms. The molecule has 3 nitrogen and oxygen atoms in total. The molecule has 1 aromatic heterocycles. The maximum Gasteiger partial charge on any atom is 0.272 e. The van der Waals surface area contributed by atoms with Crippen molar-refractivity contribution in [2.24, 2.45) is 0 Å². The van der Waals surface area contributed by atoms with Crippen LogP contribution in [0.5, 0.6) is 0 Å². The summed E-state index contributed by atoms with van der Waals surface area (Å²) in [5.41, 5.74) is 0.332. The third-order valence-electron chi connectivity index (χ3n) is 2.59. The van der Waals surface area contributed by atoms with Crippen molar-refractivity contribution in [1.82, 2.24) is 9.88 Å². The van der Waals surface area contributed by atoms with Crippen LogP contribution >= 0.6 is 0 Å². The molecule has 0 radical (unpaired) electrons. The lowest BCUT2D eigenvalue weighted by molar-refractivity contribution is 0.0718. The quantitative estimate of drug-likeness (QED) is 0.705. The number of amides is 1. The highest BCUT2D eigenvalue weighted by molar-refractivity contribution is 5.92. The monoisotopic (exact) mass is 208 g/mol. The van der Waals surface area contributed by atoms with Crippen molar-refractivity contribution in [3.63, 3.8) is 0 Å². The standard InChI is InChI=1S/C11H13FN2O/c12-9-4-5-10(13-8-9)11(15)14-6-2-1-3-7-14/h4-5,8H,1-3,6-7H2. The van der Waals surface area contributed by atoms with Crippen LogP contribution < -0.4 is 0 Å². The topological polar surface area (TPSA) is 33.2 Å². The Bertz CT molecular complexity index is 344. The van der Waals surface area contributed by atoms with Crippen molar-refractivity contribution in [2.45, 2.75) is 19.3 Å². The zero-order chi connectivity index (χ0) is 10.7. The molecule has 4 heteroatoms. The number of rotatable bonds is 1. The minimum Gasteiger partial charge on any atom is -0.337 e. The number of likely N-dealkylation sites (tertiary alicyclic amines) is 1. The van der Waals surface area contributed by atoms with Gasteiger partial charge in [-0.25, -0.2) is 9.37 Å². The number of aromatic nitrogens is 1. The molecule has 0 saturated carbocycles. The Labute approximate surface area is 87.9 Å². The first-order chi connectivity index (χ1) is 7.27. The first-order valence-corrected chi connectivity index (χ1v) is 5.18. The largest absolute Gasteiger partial charge is 0.337 e. The molecule has 2 rings (SSSR count). The van der Waals surface area contributed by atoms with E-state index in [4.69, 9.17) is 0 Å². The van der Waals surface area contributed by atoms with E-state index in [0.29, 0.717) is 5.69 Å². The van der Waals surface area contributed by atoms with Gasteiger partial charge in [-0.2, -0.15) is 0 Å². The Balaban J connectivity index is 2.09. The molecule has 15 heavy (non-hydrogen) atoms. The maximum absolute atomic E-state index is 12.6. The zero-order valence-electron chi connectivity index (χ0n) is 8.45. The number of pyridine rings is 1. The second kappa shape index (κ2) is 4.38. The van der Waals surface area contributed by atoms with Gasteiger partial charge in [0.2, 0.25) is 0 Å². The molecule has 80 valence electrons. The van der Waals surface area contributed by atoms with Crippen molar-refractivity contribution >= 4 is 5.91 Å². The van der Waals surface area contributed by atoms with Crippen molar-refractivity contribution in [3.05, 3.63) is 29.8 Å². The van der Waals surface area contributed by atoms with E-state index in [1.807, 2.05) is 0 Å². The molecule has 1 aliphatic rings. The molecular weight excluding hydrogens is 195 g/mol. The van der Waals surface area contributed by atoms with Gasteiger partial charge in [0.25, 0.3) is 5.91 Å². The van der Waals surface area contributed by atoms with E-state index < -0.39 is 5.82 Å². The molecule has 1 fully saturated rings. The fraction of sp³-hybridized carbons (Fsp3) is 0.455. The third kappa shape index (κ3) is 2.32. The number of hydrogen-bond acceptors (Lipinski definition) is 2. The minimum atomic E-state index is -0.412. The number of piperidine rings is 1. The predicted molar refractivity (Wildman–Crippen MR) is 53.9 cm³/mol. The van der Waals surface area contributed by atoms with Crippen LogP contribution in [-0.2, 0) is 0 Å². The molecule has 0 bridgehead atoms. The van der Waals surface area contributed by atoms with Gasteiger partial charge in [-0.1, -0.05) is 0 Å². The highest BCUT2D eigenvalue weighted by Crippen LogP contribution is 2.11. The van der Waals surface area contributed by atoms with Gasteiger partial charge in [-0.05, 0) is 31.4 Å². The number of nitrogens with zero attached hydrogens (tertiary/aromatic N) is 2. The van der Waals surface area contributed by atoms with E-state index in [1.165, 1.54) is 18.6 Å². The van der Waals surface area contributed by atoms with Crippen LogP contribution in [0, 0.1) is 5.82 Å². The van der Waals surface area contributed by atoms with Gasteiger partial charge in [0.05, 0.1) is 6.20 Å². The van der Waals surface area contributed by atoms with Crippen LogP contribution in [0.1, 0.15) is 29.8 Å². The summed E-state index contributed by atoms with van der Waals surface area (Å²) in [6.45, 7) is 1.58. The first-order valence-electron chi connectivity index (χ1n) is 5.18. The molecule has 1 aliphatic heterocycles. The van der Waals surface area contributed by atoms with Gasteiger partial charge in [0, 0.05) is 13.1 Å². The van der Waals surface area contributed by atoms with Gasteiger partial charge in [0.1, 0.15) is 11.5 Å². The van der Waals surface area contributed by atoms with Crippen LogP contribution in [0.15, 0.2) is 18.3 Å². The average molecular weight is 208 g/mol. The van der Waals surface area contributed by atoms with Crippen LogP contribution in [-0.4, -0.2) is 28.9 Å². The molecule has 0 N–H and O–H groups in total. The molecule has 1 amide bonds. The molecule has 0 aromatic carbocycles. The zero-order valence-corrected chi connectivity index (χ0v) is 8.45. The van der Waals surface area contributed by atoms with Gasteiger partial charge in [-0.15, -0.1) is 0 Å². The second-order valence-corrected chi connectivity index (χ2v) is 3.71. The Morgan fingerprint density at radius 2 is 2.00 bits per heavy atom. The fourth-order valence-corrected chi connectivity index (χ4v) is 1.76. The number of hydrogen-bond donors (Lipinski definition) is 0. The molecule has 2 heterocycles. The summed E-state index contributed by atoms with van der Waals surface area (Å²) in [6.07, 6.45) is 4.36. The van der Waals surface area contributed by atoms with Gasteiger partial charge < -0.3 is 4.90 Å². The fourth-order valence-electron chi connectivity index (χ4n) is 1.76. The molecular formula is C11H13FN2O. The number of halogens is 1. The molecule has 0 aliphatic carbocycles. The summed E-state index contributed by atoms with van der Waals surface area (Å²) < 4.78 is 12.6. The number of carbonyl (C=O) groups excluding carboxylic acids is 1. The van der Waals surface area contributed by atoms with Gasteiger partial charge in [-0.3, -0.25) is 4.79 Å². The third-order valence-corrected chi connectivity index (χ3v) is 2.59. The Morgan fingerprint density at radius 3 is 2.60 bits per heavy atom. The van der Waals surface area contributed by atoms with E-state index in [1.54, 1.807) is 4.90 Å². The summed E-state index contributed by atoms with van der Waals surface area (Å²) in [5, 5.41) is 0. The summed E-state index contributed by atoms with van der Waals surface area (Å²) in [6, 6.07) is 2.70. The molecule has 0 atom stereocenters. The summed E-state index contributed by atoms with van der Waals surface area (Å²) in [7, 11) is 0. The Morgan fingerprint density at radius 1 is 1.27 bits per heavy atom. The number of carbonyl (C=O) groups is 1. The van der Waals surface area contributed by atoms with E-state index in [0.717, 1.165) is 32.1 Å². The average Bonchev–Trinajstić information content (AvgIpc) is 2.30. The highest BCUT2D eigenvalue weighted by Gasteiger charge is 2.18. The second-order valence-electron chi connectivity index (χ2n) is 3.71. The highest BCUT2D eigenvalue weighted by atomic mass is 19.1. The summed E-state index contributed by atoms with van der Waals surface area (Å²) in [5.74, 6) is -0.500. The minimum absolute atomic E-state index is 0.0882. The van der Waals surface area contributed by atoms with Crippen LogP contribution in [0.4, 0.5) is 4.39 Å². The molecule has 1 aromatic rings. The van der Waals surface area contributed by atoms with Crippen molar-refractivity contribution < 1.29 is 9.18 Å². The van der Waals surface area contributed by atoms with E-state index >= 15 is 0 Å². The lowest BCUT2D eigenvalue weighted by atomic mass is 10.1. The van der Waals surface area contributed by atoms with Gasteiger partial charge in [0.15, 0.2) is 0 Å². The van der Waals surface area contributed by atoms with Crippen molar-refractivity contribution in [2.75, 3.05) is 13.1 Å². The maximum atomic E-state index is 12.6. The van der Waals surface area contributed by atoms with Crippen LogP contribution in [0.25, 0.3) is 0 Å². The summed E-state index contributed by atoms with van der Waals surface area (Å²) >= 11 is 0. The molecule has 0 unspecified atom stereocenters. The van der Waals surface area contributed by atoms with E-state index in [-0.39, 0.29) is 5.91 Å². The normalized spacial score (nSPS) is 16.5. The smallest absolute Gasteiger partial charge is 0.272 e. The van der Waals surface area contributed by atoms with E-state index in [9.17, 15) is 9.18 Å². The summed E-state index contributed by atoms with van der Waals surface area (Å²) in [4.78, 5) is 17.4. The van der Waals surface area contributed by atoms with Crippen LogP contribution in [0.3, 0.4) is 0 Å². The van der Waals surface area contributed by atoms with Gasteiger partial charge >= 0.3 is 0 Å². The van der Waals surface area contributed by atoms with Crippen molar-refractivity contribution in [1.29, 1.82) is 0 Å². The lowest BCUT2D eigenvalue weighted by Gasteiger charge is -2.26. The predicted octanol–water partition coefficient (Wildman–Crippen LogP) is 1.85. The Hall–Kier alpha value is -1.45. The van der Waals surface area contributed by atoms with Crippen LogP contribution in [0.2, 0.25) is 0 Å². The first kappa shape index (κ1) is 10.1. The van der Waals surface area contributed by atoms with E-state index in [2.05, 4.69) is 4.98 Å². The lowest BCUT2D eigenvalue weighted by Crippen LogP contribution is -2.36. The Kier molecular flexibility index (Phi) is 2.94. The molecule has 1 saturated heterocycles. The van der Waals surface area contributed by atoms with Crippen molar-refractivity contribution in [3.8, 4) is 0 Å². The SMILES string of the molecule is O=C(c1ccc(F)cn1)N1CCCCC1.